The van der Waals surface area contributed by atoms with E-state index in [4.69, 9.17) is 9.15 Å². The summed E-state index contributed by atoms with van der Waals surface area (Å²) >= 11 is 0. The lowest BCUT2D eigenvalue weighted by Crippen LogP contribution is -2.13. The van der Waals surface area contributed by atoms with Gasteiger partial charge in [-0.1, -0.05) is 121 Å². The number of nitrogens with zero attached hydrogens (tertiary/aromatic N) is 2. The summed E-state index contributed by atoms with van der Waals surface area (Å²) in [7, 11) is 0. The van der Waals surface area contributed by atoms with Gasteiger partial charge in [-0.25, -0.2) is 0 Å². The quantitative estimate of drug-likeness (QED) is 0.164. The van der Waals surface area contributed by atoms with Crippen molar-refractivity contribution >= 4 is 72.4 Å². The van der Waals surface area contributed by atoms with Gasteiger partial charge in [0, 0.05) is 44.5 Å². The molecule has 2 heterocycles. The summed E-state index contributed by atoms with van der Waals surface area (Å²) in [5, 5.41) is 4.38. The molecule has 0 N–H and O–H groups in total. The van der Waals surface area contributed by atoms with Crippen molar-refractivity contribution in [2.45, 2.75) is 12.8 Å². The Balaban J connectivity index is 1.11. The van der Waals surface area contributed by atoms with Gasteiger partial charge >= 0.3 is 0 Å². The molecule has 0 atom stereocenters. The van der Waals surface area contributed by atoms with Gasteiger partial charge in [0.25, 0.3) is 0 Å². The van der Waals surface area contributed by atoms with Crippen molar-refractivity contribution in [3.63, 3.8) is 0 Å². The molecule has 9 aromatic rings. The van der Waals surface area contributed by atoms with Crippen LogP contribution in [-0.4, -0.2) is 0 Å². The van der Waals surface area contributed by atoms with Gasteiger partial charge in [-0.2, -0.15) is 0 Å². The first-order valence-corrected chi connectivity index (χ1v) is 19.2. The summed E-state index contributed by atoms with van der Waals surface area (Å²) in [4.78, 5) is 4.60. The van der Waals surface area contributed by atoms with E-state index >= 15 is 0 Å². The summed E-state index contributed by atoms with van der Waals surface area (Å²) in [6, 6.07) is 62.2. The summed E-state index contributed by atoms with van der Waals surface area (Å²) < 4.78 is 13.8. The van der Waals surface area contributed by atoms with Crippen molar-refractivity contribution < 1.29 is 9.15 Å². The van der Waals surface area contributed by atoms with Crippen LogP contribution in [0.2, 0.25) is 0 Å². The first-order valence-electron chi connectivity index (χ1n) is 19.2. The molecule has 11 rings (SSSR count). The number of anilines is 6. The largest absolute Gasteiger partial charge is 0.454 e. The van der Waals surface area contributed by atoms with E-state index in [0.29, 0.717) is 0 Å². The predicted octanol–water partition coefficient (Wildman–Crippen LogP) is 15.2. The van der Waals surface area contributed by atoms with Crippen molar-refractivity contribution in [1.82, 2.24) is 0 Å². The molecule has 266 valence electrons. The molecule has 0 saturated heterocycles. The van der Waals surface area contributed by atoms with E-state index in [9.17, 15) is 0 Å². The minimum absolute atomic E-state index is 0.816. The molecule has 0 bridgehead atoms. The maximum atomic E-state index is 7.13. The van der Waals surface area contributed by atoms with Gasteiger partial charge in [0.1, 0.15) is 11.3 Å². The van der Waals surface area contributed by atoms with Gasteiger partial charge in [0.05, 0.1) is 11.4 Å². The Hall–Kier alpha value is -7.30. The molecule has 1 aromatic heterocycles. The normalized spacial score (nSPS) is 13.0. The number of furan rings is 1. The number of fused-ring (bicyclic) bond motifs is 5. The van der Waals surface area contributed by atoms with Crippen molar-refractivity contribution in [2.24, 2.45) is 0 Å². The van der Waals surface area contributed by atoms with Crippen LogP contribution in [0.25, 0.3) is 49.4 Å². The number of hydrogen-bond donors (Lipinski definition) is 0. The van der Waals surface area contributed by atoms with E-state index in [0.717, 1.165) is 102 Å². The highest BCUT2D eigenvalue weighted by atomic mass is 16.5. The first-order chi connectivity index (χ1) is 27.8. The van der Waals surface area contributed by atoms with Gasteiger partial charge in [0.15, 0.2) is 11.3 Å². The molecule has 0 fully saturated rings. The molecular formula is C52H36N2O2. The van der Waals surface area contributed by atoms with Crippen LogP contribution < -0.4 is 14.5 Å². The monoisotopic (exact) mass is 720 g/mol. The van der Waals surface area contributed by atoms with Crippen LogP contribution in [0.3, 0.4) is 0 Å². The number of ether oxygens (including phenoxy) is 1. The lowest BCUT2D eigenvalue weighted by molar-refractivity contribution is 0.488. The lowest BCUT2D eigenvalue weighted by atomic mass is 9.93. The second-order valence-electron chi connectivity index (χ2n) is 14.4. The Morgan fingerprint density at radius 1 is 0.500 bits per heavy atom. The van der Waals surface area contributed by atoms with Crippen molar-refractivity contribution in [3.8, 4) is 22.6 Å². The summed E-state index contributed by atoms with van der Waals surface area (Å²) in [5.74, 6) is 1.63. The molecule has 0 amide bonds. The topological polar surface area (TPSA) is 28.9 Å². The summed E-state index contributed by atoms with van der Waals surface area (Å²) in [5.41, 5.74) is 12.6. The third-order valence-electron chi connectivity index (χ3n) is 11.1. The van der Waals surface area contributed by atoms with Gasteiger partial charge in [-0.05, 0) is 108 Å². The average Bonchev–Trinajstić information content (AvgIpc) is 3.66. The van der Waals surface area contributed by atoms with E-state index in [2.05, 4.69) is 192 Å². The molecule has 1 aliphatic heterocycles. The SMILES string of the molecule is C1=CCCC(c2ccc(N(c3ccc4cccc5c4c3Oc3ccc(N(c4ccccc4)c4ccccc4)cc3-5)c3cccc4c3oc3ccccc34)cc2)=C1. The van der Waals surface area contributed by atoms with E-state index in [1.807, 2.05) is 12.1 Å². The third-order valence-corrected chi connectivity index (χ3v) is 11.1. The zero-order valence-corrected chi connectivity index (χ0v) is 30.6. The number of benzene rings is 8. The zero-order valence-electron chi connectivity index (χ0n) is 30.6. The first kappa shape index (κ1) is 32.2. The third kappa shape index (κ3) is 5.30. The Bertz CT molecular complexity index is 2960. The molecule has 0 spiro atoms. The van der Waals surface area contributed by atoms with E-state index in [1.54, 1.807) is 0 Å². The maximum absolute atomic E-state index is 7.13. The maximum Gasteiger partial charge on any atom is 0.159 e. The second kappa shape index (κ2) is 13.2. The van der Waals surface area contributed by atoms with Crippen LogP contribution in [0.1, 0.15) is 18.4 Å². The van der Waals surface area contributed by atoms with Gasteiger partial charge in [-0.3, -0.25) is 0 Å². The van der Waals surface area contributed by atoms with E-state index in [1.165, 1.54) is 11.1 Å². The smallest absolute Gasteiger partial charge is 0.159 e. The summed E-state index contributed by atoms with van der Waals surface area (Å²) in [6.07, 6.45) is 8.73. The Morgan fingerprint density at radius 3 is 2.00 bits per heavy atom. The summed E-state index contributed by atoms with van der Waals surface area (Å²) in [6.45, 7) is 0. The van der Waals surface area contributed by atoms with Crippen molar-refractivity contribution in [3.05, 3.63) is 200 Å². The van der Waals surface area contributed by atoms with Crippen LogP contribution in [-0.2, 0) is 0 Å². The molecular weight excluding hydrogens is 685 g/mol. The fraction of sp³-hybridized carbons (Fsp3) is 0.0385. The number of rotatable bonds is 7. The standard InChI is InChI=1S/C52H36N2O2/c1-4-14-35(15-5-1)36-26-29-40(30-27-36)54(46-24-13-23-44-42-21-10-11-25-48(42)55-51(44)46)47-32-28-37-16-12-22-43-45-34-41(31-33-49(45)56-52(47)50(37)43)53(38-17-6-2-7-18-38)39-19-8-3-9-20-39/h1-4,6-14,16-34H,5,15H2. The molecule has 4 nitrogen and oxygen atoms in total. The molecule has 4 heteroatoms. The molecule has 0 unspecified atom stereocenters. The van der Waals surface area contributed by atoms with E-state index < -0.39 is 0 Å². The number of allylic oxidation sites excluding steroid dienone is 4. The highest BCUT2D eigenvalue weighted by Gasteiger charge is 2.29. The van der Waals surface area contributed by atoms with Crippen LogP contribution >= 0.6 is 0 Å². The molecule has 1 aliphatic carbocycles. The second-order valence-corrected chi connectivity index (χ2v) is 14.4. The molecule has 2 aliphatic rings. The van der Waals surface area contributed by atoms with E-state index in [-0.39, 0.29) is 0 Å². The molecule has 0 saturated carbocycles. The molecule has 8 aromatic carbocycles. The average molecular weight is 721 g/mol. The van der Waals surface area contributed by atoms with Crippen LogP contribution in [0.15, 0.2) is 199 Å². The highest BCUT2D eigenvalue weighted by molar-refractivity contribution is 6.13. The number of hydrogen-bond acceptors (Lipinski definition) is 4. The Kier molecular flexibility index (Phi) is 7.59. The Labute approximate surface area is 325 Å². The Morgan fingerprint density at radius 2 is 1.21 bits per heavy atom. The zero-order chi connectivity index (χ0) is 37.0. The lowest BCUT2D eigenvalue weighted by Gasteiger charge is -2.31. The predicted molar refractivity (Wildman–Crippen MR) is 232 cm³/mol. The van der Waals surface area contributed by atoms with Crippen molar-refractivity contribution in [2.75, 3.05) is 9.80 Å². The van der Waals surface area contributed by atoms with Crippen LogP contribution in [0, 0.1) is 0 Å². The van der Waals surface area contributed by atoms with Crippen molar-refractivity contribution in [1.29, 1.82) is 0 Å². The van der Waals surface area contributed by atoms with Gasteiger partial charge in [0.2, 0.25) is 0 Å². The highest BCUT2D eigenvalue weighted by Crippen LogP contribution is 2.55. The van der Waals surface area contributed by atoms with Gasteiger partial charge in [-0.15, -0.1) is 0 Å². The molecule has 0 radical (unpaired) electrons. The minimum atomic E-state index is 0.816. The fourth-order valence-corrected chi connectivity index (χ4v) is 8.49. The van der Waals surface area contributed by atoms with Crippen LogP contribution in [0.4, 0.5) is 34.1 Å². The fourth-order valence-electron chi connectivity index (χ4n) is 8.49. The number of para-hydroxylation sites is 4. The minimum Gasteiger partial charge on any atom is -0.454 e. The van der Waals surface area contributed by atoms with Crippen LogP contribution in [0.5, 0.6) is 11.5 Å². The van der Waals surface area contributed by atoms with Gasteiger partial charge < -0.3 is 19.0 Å². The molecule has 56 heavy (non-hydrogen) atoms.